The quantitative estimate of drug-likeness (QED) is 0.720. The minimum atomic E-state index is -0.280. The van der Waals surface area contributed by atoms with Gasteiger partial charge in [0.15, 0.2) is 0 Å². The number of rotatable bonds is 5. The van der Waals surface area contributed by atoms with E-state index in [1.54, 1.807) is 6.07 Å². The Kier molecular flexibility index (Phi) is 5.61. The predicted octanol–water partition coefficient (Wildman–Crippen LogP) is 4.12. The summed E-state index contributed by atoms with van der Waals surface area (Å²) in [6.07, 6.45) is 2.91. The molecule has 0 spiro atoms. The fraction of sp³-hybridized carbons (Fsp3) is 0.286. The van der Waals surface area contributed by atoms with Gasteiger partial charge in [-0.15, -0.1) is 0 Å². The lowest BCUT2D eigenvalue weighted by atomic mass is 10.0. The van der Waals surface area contributed by atoms with E-state index in [0.29, 0.717) is 22.3 Å². The molecule has 3 rings (SSSR count). The zero-order valence-corrected chi connectivity index (χ0v) is 16.4. The molecule has 0 aliphatic heterocycles. The molecule has 0 bridgehead atoms. The van der Waals surface area contributed by atoms with Crippen LogP contribution in [-0.4, -0.2) is 15.5 Å². The molecule has 1 N–H and O–H groups in total. The van der Waals surface area contributed by atoms with E-state index in [0.717, 1.165) is 28.8 Å². The van der Waals surface area contributed by atoms with E-state index >= 15 is 0 Å². The van der Waals surface area contributed by atoms with Crippen LogP contribution in [0.15, 0.2) is 41.5 Å². The number of anilines is 1. The number of hydrogen-bond donors (Lipinski definition) is 1. The number of hydrogen-bond acceptors (Lipinski definition) is 3. The first-order valence-corrected chi connectivity index (χ1v) is 9.38. The second kappa shape index (κ2) is 7.92. The number of halogens is 1. The van der Waals surface area contributed by atoms with Gasteiger partial charge in [0.1, 0.15) is 6.54 Å². The zero-order valence-electron chi connectivity index (χ0n) is 15.7. The lowest BCUT2D eigenvalue weighted by Crippen LogP contribution is -2.28. The molecule has 0 saturated carbocycles. The summed E-state index contributed by atoms with van der Waals surface area (Å²) < 4.78 is 1.33. The smallest absolute Gasteiger partial charge is 0.261 e. The molecule has 0 unspecified atom stereocenters. The van der Waals surface area contributed by atoms with Crippen molar-refractivity contribution in [1.82, 2.24) is 9.55 Å². The zero-order chi connectivity index (χ0) is 19.6. The third-order valence-electron chi connectivity index (χ3n) is 4.71. The highest BCUT2D eigenvalue weighted by Crippen LogP contribution is 2.29. The number of benzene rings is 2. The van der Waals surface area contributed by atoms with Gasteiger partial charge in [0.25, 0.3) is 5.56 Å². The fourth-order valence-electron chi connectivity index (χ4n) is 3.25. The first-order valence-electron chi connectivity index (χ1n) is 9.01. The number of aromatic nitrogens is 2. The Morgan fingerprint density at radius 2 is 1.96 bits per heavy atom. The van der Waals surface area contributed by atoms with E-state index in [-0.39, 0.29) is 18.0 Å². The average Bonchev–Trinajstić information content (AvgIpc) is 2.65. The molecule has 1 aromatic heterocycles. The number of fused-ring (bicyclic) bond motifs is 1. The first kappa shape index (κ1) is 19.1. The second-order valence-corrected chi connectivity index (χ2v) is 6.87. The van der Waals surface area contributed by atoms with E-state index in [4.69, 9.17) is 11.6 Å². The highest BCUT2D eigenvalue weighted by molar-refractivity contribution is 6.32. The highest BCUT2D eigenvalue weighted by Gasteiger charge is 2.15. The molecule has 0 fully saturated rings. The maximum atomic E-state index is 12.7. The van der Waals surface area contributed by atoms with Gasteiger partial charge in [-0.05, 0) is 48.6 Å². The van der Waals surface area contributed by atoms with E-state index < -0.39 is 0 Å². The lowest BCUT2D eigenvalue weighted by Gasteiger charge is -2.16. The molecule has 0 aliphatic rings. The average molecular weight is 384 g/mol. The summed E-state index contributed by atoms with van der Waals surface area (Å²) in [5.74, 6) is -0.280. The van der Waals surface area contributed by atoms with Crippen LogP contribution < -0.4 is 10.9 Å². The number of amides is 1. The van der Waals surface area contributed by atoms with Crippen LogP contribution in [-0.2, 0) is 24.2 Å². The molecule has 140 valence electrons. The molecule has 6 heteroatoms. The topological polar surface area (TPSA) is 64.0 Å². The van der Waals surface area contributed by atoms with Crippen LogP contribution in [0, 0.1) is 6.92 Å². The Bertz CT molecular complexity index is 1070. The van der Waals surface area contributed by atoms with E-state index in [2.05, 4.69) is 10.3 Å². The molecular weight excluding hydrogens is 362 g/mol. The number of carbonyl (C=O) groups excluding carboxylic acids is 1. The molecule has 0 radical (unpaired) electrons. The van der Waals surface area contributed by atoms with Gasteiger partial charge in [-0.25, -0.2) is 4.98 Å². The third-order valence-corrected chi connectivity index (χ3v) is 5.06. The molecule has 3 aromatic rings. The Balaban J connectivity index is 1.92. The summed E-state index contributed by atoms with van der Waals surface area (Å²) in [5, 5.41) is 4.09. The van der Waals surface area contributed by atoms with Crippen molar-refractivity contribution < 1.29 is 4.79 Å². The summed E-state index contributed by atoms with van der Waals surface area (Å²) in [6, 6.07) is 9.23. The van der Waals surface area contributed by atoms with Crippen LogP contribution in [0.25, 0.3) is 10.9 Å². The van der Waals surface area contributed by atoms with Gasteiger partial charge in [-0.3, -0.25) is 14.2 Å². The van der Waals surface area contributed by atoms with Gasteiger partial charge in [0.05, 0.1) is 17.2 Å². The molecular formula is C21H22ClN3O2. The Labute approximate surface area is 163 Å². The van der Waals surface area contributed by atoms with Crippen molar-refractivity contribution in [2.45, 2.75) is 40.2 Å². The largest absolute Gasteiger partial charge is 0.324 e. The summed E-state index contributed by atoms with van der Waals surface area (Å²) in [7, 11) is 0. The standard InChI is InChI=1S/C21H22ClN3O2/c1-4-14-9-10-17(22)15(5-2)20(14)24-18(26)11-25-12-23-19-13(3)7-6-8-16(19)21(25)27/h6-10,12H,4-5,11H2,1-3H3,(H,24,26). The number of nitrogens with one attached hydrogen (secondary N) is 1. The number of carbonyl (C=O) groups is 1. The Morgan fingerprint density at radius 1 is 1.19 bits per heavy atom. The predicted molar refractivity (Wildman–Crippen MR) is 110 cm³/mol. The van der Waals surface area contributed by atoms with Gasteiger partial charge in [0.2, 0.25) is 5.91 Å². The second-order valence-electron chi connectivity index (χ2n) is 6.46. The highest BCUT2D eigenvalue weighted by atomic mass is 35.5. The van der Waals surface area contributed by atoms with Crippen molar-refractivity contribution in [2.75, 3.05) is 5.32 Å². The van der Waals surface area contributed by atoms with Crippen LogP contribution in [0.2, 0.25) is 5.02 Å². The molecule has 0 atom stereocenters. The van der Waals surface area contributed by atoms with Crippen molar-refractivity contribution in [1.29, 1.82) is 0 Å². The molecule has 0 aliphatic carbocycles. The van der Waals surface area contributed by atoms with Crippen molar-refractivity contribution >= 4 is 34.1 Å². The molecule has 1 amide bonds. The molecule has 0 saturated heterocycles. The van der Waals surface area contributed by atoms with Crippen molar-refractivity contribution in [3.05, 3.63) is 68.7 Å². The van der Waals surface area contributed by atoms with Crippen LogP contribution >= 0.6 is 11.6 Å². The molecule has 27 heavy (non-hydrogen) atoms. The fourth-order valence-corrected chi connectivity index (χ4v) is 3.54. The summed E-state index contributed by atoms with van der Waals surface area (Å²) in [4.78, 5) is 29.7. The number of nitrogens with zero attached hydrogens (tertiary/aromatic N) is 2. The summed E-state index contributed by atoms with van der Waals surface area (Å²) in [5.41, 5.74) is 4.04. The normalized spacial score (nSPS) is 11.0. The van der Waals surface area contributed by atoms with E-state index in [1.165, 1.54) is 10.9 Å². The van der Waals surface area contributed by atoms with Crippen LogP contribution in [0.3, 0.4) is 0 Å². The van der Waals surface area contributed by atoms with Gasteiger partial charge in [-0.2, -0.15) is 0 Å². The van der Waals surface area contributed by atoms with Crippen molar-refractivity contribution in [3.8, 4) is 0 Å². The van der Waals surface area contributed by atoms with Crippen LogP contribution in [0.5, 0.6) is 0 Å². The van der Waals surface area contributed by atoms with Crippen molar-refractivity contribution in [3.63, 3.8) is 0 Å². The maximum absolute atomic E-state index is 12.7. The van der Waals surface area contributed by atoms with Gasteiger partial charge < -0.3 is 5.32 Å². The molecule has 2 aromatic carbocycles. The van der Waals surface area contributed by atoms with Crippen LogP contribution in [0.4, 0.5) is 5.69 Å². The van der Waals surface area contributed by atoms with E-state index in [1.807, 2.05) is 45.0 Å². The van der Waals surface area contributed by atoms with Gasteiger partial charge in [0, 0.05) is 10.7 Å². The van der Waals surface area contributed by atoms with Gasteiger partial charge >= 0.3 is 0 Å². The third kappa shape index (κ3) is 3.74. The maximum Gasteiger partial charge on any atom is 0.261 e. The minimum absolute atomic E-state index is 0.103. The molecule has 5 nitrogen and oxygen atoms in total. The lowest BCUT2D eigenvalue weighted by molar-refractivity contribution is -0.116. The summed E-state index contributed by atoms with van der Waals surface area (Å²) >= 11 is 6.29. The van der Waals surface area contributed by atoms with Gasteiger partial charge in [-0.1, -0.05) is 43.6 Å². The summed E-state index contributed by atoms with van der Waals surface area (Å²) in [6.45, 7) is 5.83. The van der Waals surface area contributed by atoms with Crippen molar-refractivity contribution in [2.24, 2.45) is 0 Å². The minimum Gasteiger partial charge on any atom is -0.324 e. The molecule has 1 heterocycles. The number of aryl methyl sites for hydroxylation is 2. The SMILES string of the molecule is CCc1ccc(Cl)c(CC)c1NC(=O)Cn1cnc2c(C)cccc2c1=O. The number of para-hydroxylation sites is 1. The Morgan fingerprint density at radius 3 is 2.67 bits per heavy atom. The van der Waals surface area contributed by atoms with Crippen LogP contribution in [0.1, 0.15) is 30.5 Å². The van der Waals surface area contributed by atoms with E-state index in [9.17, 15) is 9.59 Å². The first-order chi connectivity index (χ1) is 13.0. The monoisotopic (exact) mass is 383 g/mol. The Hall–Kier alpha value is -2.66.